The number of para-hydroxylation sites is 1. The van der Waals surface area contributed by atoms with Crippen LogP contribution in [0.5, 0.6) is 11.5 Å². The van der Waals surface area contributed by atoms with Crippen molar-refractivity contribution in [2.45, 2.75) is 42.9 Å². The maximum absolute atomic E-state index is 11.6. The van der Waals surface area contributed by atoms with Crippen molar-refractivity contribution in [3.63, 3.8) is 0 Å². The normalized spacial score (nSPS) is 15.2. The average Bonchev–Trinajstić information content (AvgIpc) is 2.75. The molecule has 0 radical (unpaired) electrons. The summed E-state index contributed by atoms with van der Waals surface area (Å²) in [6, 6.07) is 12.9. The standard InChI is InChI=1S/C21H23N5O4S/c22-13-18(21(23)24)26-25-17-11-10-15(31(27,28)29)12-20(17)30-19-9-5-4-8-16(19)14-6-2-1-3-7-14/h4-5,8-12,14,25H,1-3,6-7H2,(H3,23,24)(H,27,28,29)/b26-18+. The molecule has 2 aromatic carbocycles. The average molecular weight is 442 g/mol. The molecule has 10 heteroatoms. The van der Waals surface area contributed by atoms with Crippen LogP contribution < -0.4 is 15.9 Å². The number of benzene rings is 2. The van der Waals surface area contributed by atoms with Gasteiger partial charge in [-0.05, 0) is 42.5 Å². The Hall–Kier alpha value is -3.42. The highest BCUT2D eigenvalue weighted by atomic mass is 32.2. The maximum Gasteiger partial charge on any atom is 0.294 e. The van der Waals surface area contributed by atoms with Crippen molar-refractivity contribution in [2.24, 2.45) is 10.8 Å². The third-order valence-corrected chi connectivity index (χ3v) is 5.93. The van der Waals surface area contributed by atoms with Gasteiger partial charge in [-0.3, -0.25) is 15.4 Å². The number of nitrogens with one attached hydrogen (secondary N) is 2. The van der Waals surface area contributed by atoms with Gasteiger partial charge < -0.3 is 10.5 Å². The van der Waals surface area contributed by atoms with Crippen molar-refractivity contribution < 1.29 is 17.7 Å². The molecule has 0 aliphatic heterocycles. The molecular weight excluding hydrogens is 418 g/mol. The van der Waals surface area contributed by atoms with E-state index >= 15 is 0 Å². The SMILES string of the molecule is N#C/C(=N\Nc1ccc(S(=O)(=O)O)cc1Oc1ccccc1C1CCCCC1)C(=N)N. The molecule has 0 saturated heterocycles. The van der Waals surface area contributed by atoms with Crippen molar-refractivity contribution in [3.05, 3.63) is 48.0 Å². The zero-order chi connectivity index (χ0) is 22.4. The predicted molar refractivity (Wildman–Crippen MR) is 117 cm³/mol. The summed E-state index contributed by atoms with van der Waals surface area (Å²) in [5, 5.41) is 20.2. The van der Waals surface area contributed by atoms with Gasteiger partial charge in [-0.2, -0.15) is 18.8 Å². The molecular formula is C21H23N5O4S. The first-order chi connectivity index (χ1) is 14.8. The van der Waals surface area contributed by atoms with E-state index < -0.39 is 16.0 Å². The van der Waals surface area contributed by atoms with E-state index in [0.717, 1.165) is 31.2 Å². The van der Waals surface area contributed by atoms with Gasteiger partial charge in [0.2, 0.25) is 5.71 Å². The number of ether oxygens (including phenoxy) is 1. The van der Waals surface area contributed by atoms with Crippen LogP contribution in [-0.2, 0) is 10.1 Å². The first-order valence-electron chi connectivity index (χ1n) is 9.76. The summed E-state index contributed by atoms with van der Waals surface area (Å²) < 4.78 is 38.8. The van der Waals surface area contributed by atoms with Crippen LogP contribution in [0, 0.1) is 16.7 Å². The molecule has 1 fully saturated rings. The molecule has 2 aromatic rings. The topological polar surface area (TPSA) is 162 Å². The lowest BCUT2D eigenvalue weighted by atomic mass is 9.84. The second kappa shape index (κ2) is 9.59. The summed E-state index contributed by atoms with van der Waals surface area (Å²) >= 11 is 0. The zero-order valence-electron chi connectivity index (χ0n) is 16.7. The van der Waals surface area contributed by atoms with E-state index in [-0.39, 0.29) is 22.0 Å². The number of hydrogen-bond donors (Lipinski definition) is 4. The van der Waals surface area contributed by atoms with Gasteiger partial charge in [0.25, 0.3) is 10.1 Å². The third-order valence-electron chi connectivity index (χ3n) is 5.08. The summed E-state index contributed by atoms with van der Waals surface area (Å²) in [6.45, 7) is 0. The Bertz CT molecular complexity index is 1150. The second-order valence-corrected chi connectivity index (χ2v) is 8.63. The number of rotatable bonds is 7. The Morgan fingerprint density at radius 3 is 2.55 bits per heavy atom. The molecule has 0 unspecified atom stereocenters. The molecule has 0 atom stereocenters. The van der Waals surface area contributed by atoms with Crippen LogP contribution in [0.3, 0.4) is 0 Å². The Kier molecular flexibility index (Phi) is 6.89. The number of hydrazone groups is 1. The van der Waals surface area contributed by atoms with Crippen LogP contribution in [0.25, 0.3) is 0 Å². The Morgan fingerprint density at radius 1 is 1.19 bits per heavy atom. The molecule has 0 bridgehead atoms. The Labute approximate surface area is 180 Å². The molecule has 5 N–H and O–H groups in total. The lowest BCUT2D eigenvalue weighted by molar-refractivity contribution is 0.419. The molecule has 0 spiro atoms. The first kappa shape index (κ1) is 22.3. The minimum atomic E-state index is -4.46. The molecule has 0 amide bonds. The largest absolute Gasteiger partial charge is 0.455 e. The van der Waals surface area contributed by atoms with Crippen molar-refractivity contribution in [1.29, 1.82) is 10.7 Å². The molecule has 1 aliphatic rings. The molecule has 9 nitrogen and oxygen atoms in total. The number of anilines is 1. The molecule has 1 aliphatic carbocycles. The van der Waals surface area contributed by atoms with E-state index in [4.69, 9.17) is 21.1 Å². The molecule has 0 aromatic heterocycles. The molecule has 31 heavy (non-hydrogen) atoms. The van der Waals surface area contributed by atoms with Gasteiger partial charge in [-0.15, -0.1) is 0 Å². The second-order valence-electron chi connectivity index (χ2n) is 7.21. The number of nitrogens with two attached hydrogens (primary N) is 1. The minimum Gasteiger partial charge on any atom is -0.455 e. The summed E-state index contributed by atoms with van der Waals surface area (Å²) in [6.07, 6.45) is 5.58. The van der Waals surface area contributed by atoms with E-state index in [1.54, 1.807) is 12.1 Å². The fraction of sp³-hybridized carbons (Fsp3) is 0.286. The van der Waals surface area contributed by atoms with Crippen LogP contribution in [0.15, 0.2) is 52.5 Å². The van der Waals surface area contributed by atoms with Crippen molar-refractivity contribution in [3.8, 4) is 17.6 Å². The maximum atomic E-state index is 11.6. The number of amidine groups is 1. The quantitative estimate of drug-likeness (QED) is 0.218. The fourth-order valence-corrected chi connectivity index (χ4v) is 4.04. The van der Waals surface area contributed by atoms with Crippen molar-refractivity contribution in [1.82, 2.24) is 0 Å². The van der Waals surface area contributed by atoms with Crippen molar-refractivity contribution >= 4 is 27.4 Å². The highest BCUT2D eigenvalue weighted by Gasteiger charge is 2.21. The monoisotopic (exact) mass is 441 g/mol. The van der Waals surface area contributed by atoms with Gasteiger partial charge in [-0.25, -0.2) is 0 Å². The molecule has 3 rings (SSSR count). The van der Waals surface area contributed by atoms with E-state index in [9.17, 15) is 13.0 Å². The van der Waals surface area contributed by atoms with Crippen LogP contribution in [0.2, 0.25) is 0 Å². The number of hydrogen-bond acceptors (Lipinski definition) is 7. The van der Waals surface area contributed by atoms with Crippen LogP contribution in [0.1, 0.15) is 43.6 Å². The third kappa shape index (κ3) is 5.59. The van der Waals surface area contributed by atoms with Gasteiger partial charge in [0.1, 0.15) is 11.8 Å². The lowest BCUT2D eigenvalue weighted by Gasteiger charge is -2.24. The van der Waals surface area contributed by atoms with Gasteiger partial charge in [0.15, 0.2) is 11.6 Å². The molecule has 162 valence electrons. The van der Waals surface area contributed by atoms with Crippen LogP contribution in [0.4, 0.5) is 5.69 Å². The highest BCUT2D eigenvalue weighted by Crippen LogP contribution is 2.40. The minimum absolute atomic E-state index is 0.0861. The number of nitriles is 1. The summed E-state index contributed by atoms with van der Waals surface area (Å²) in [5.41, 5.74) is 8.81. The highest BCUT2D eigenvalue weighted by molar-refractivity contribution is 7.85. The van der Waals surface area contributed by atoms with E-state index in [1.165, 1.54) is 24.6 Å². The predicted octanol–water partition coefficient (Wildman–Crippen LogP) is 4.00. The van der Waals surface area contributed by atoms with E-state index in [0.29, 0.717) is 11.7 Å². The van der Waals surface area contributed by atoms with Crippen LogP contribution in [-0.4, -0.2) is 24.5 Å². The van der Waals surface area contributed by atoms with Gasteiger partial charge >= 0.3 is 0 Å². The number of nitrogens with zero attached hydrogens (tertiary/aromatic N) is 2. The first-order valence-corrected chi connectivity index (χ1v) is 11.2. The van der Waals surface area contributed by atoms with Gasteiger partial charge in [0, 0.05) is 6.07 Å². The molecule has 0 heterocycles. The Balaban J connectivity index is 2.01. The van der Waals surface area contributed by atoms with Gasteiger partial charge in [0.05, 0.1) is 10.6 Å². The summed E-state index contributed by atoms with van der Waals surface area (Å²) in [7, 11) is -4.46. The van der Waals surface area contributed by atoms with E-state index in [2.05, 4.69) is 10.5 Å². The zero-order valence-corrected chi connectivity index (χ0v) is 17.5. The summed E-state index contributed by atoms with van der Waals surface area (Å²) in [4.78, 5) is -0.348. The van der Waals surface area contributed by atoms with E-state index in [1.807, 2.05) is 18.2 Å². The lowest BCUT2D eigenvalue weighted by Crippen LogP contribution is -2.21. The smallest absolute Gasteiger partial charge is 0.294 e. The van der Waals surface area contributed by atoms with Crippen LogP contribution >= 0.6 is 0 Å². The Morgan fingerprint density at radius 2 is 1.90 bits per heavy atom. The van der Waals surface area contributed by atoms with Gasteiger partial charge in [-0.1, -0.05) is 37.5 Å². The molecule has 1 saturated carbocycles. The van der Waals surface area contributed by atoms with Crippen molar-refractivity contribution in [2.75, 3.05) is 5.43 Å². The summed E-state index contributed by atoms with van der Waals surface area (Å²) in [5.74, 6) is 0.477. The fourth-order valence-electron chi connectivity index (χ4n) is 3.54.